The number of rotatable bonds is 8. The SMILES string of the molecule is C=CCn1ncc(CN2CCC(C[C@@H]3CC(c4ccc(C)cc4)=NO3)(C(=O)O)CC2)c1C. The standard InChI is InChI=1S/C25H32N4O3/c1-4-11-29-19(3)21(16-26-29)17-28-12-9-25(10-13-28,24(30)31)15-22-14-23(27-32-22)20-7-5-18(2)6-8-20/h4-8,16,22H,1,9-15,17H2,2-3H3,(H,30,31)/t22-/m0/s1. The predicted octanol–water partition coefficient (Wildman–Crippen LogP) is 3.94. The van der Waals surface area contributed by atoms with Gasteiger partial charge in [-0.3, -0.25) is 14.4 Å². The summed E-state index contributed by atoms with van der Waals surface area (Å²) in [7, 11) is 0. The van der Waals surface area contributed by atoms with Crippen molar-refractivity contribution in [2.45, 2.75) is 58.7 Å². The summed E-state index contributed by atoms with van der Waals surface area (Å²) in [6.45, 7) is 10.9. The Labute approximate surface area is 189 Å². The molecule has 1 aromatic heterocycles. The van der Waals surface area contributed by atoms with Crippen molar-refractivity contribution in [3.05, 3.63) is 65.5 Å². The van der Waals surface area contributed by atoms with Gasteiger partial charge < -0.3 is 9.94 Å². The Morgan fingerprint density at radius 1 is 1.28 bits per heavy atom. The van der Waals surface area contributed by atoms with Crippen LogP contribution in [0, 0.1) is 19.3 Å². The summed E-state index contributed by atoms with van der Waals surface area (Å²) in [6, 6.07) is 8.21. The smallest absolute Gasteiger partial charge is 0.309 e. The molecular weight excluding hydrogens is 404 g/mol. The van der Waals surface area contributed by atoms with E-state index in [0.29, 0.717) is 32.2 Å². The van der Waals surface area contributed by atoms with Gasteiger partial charge in [0.1, 0.15) is 6.10 Å². The number of carbonyl (C=O) groups is 1. The Balaban J connectivity index is 1.35. The number of oxime groups is 1. The zero-order chi connectivity index (χ0) is 22.7. The lowest BCUT2D eigenvalue weighted by atomic mass is 9.73. The molecule has 2 aromatic rings. The monoisotopic (exact) mass is 436 g/mol. The molecule has 170 valence electrons. The van der Waals surface area contributed by atoms with Crippen LogP contribution in [0.25, 0.3) is 0 Å². The summed E-state index contributed by atoms with van der Waals surface area (Å²) in [4.78, 5) is 20.3. The topological polar surface area (TPSA) is 80.0 Å². The van der Waals surface area contributed by atoms with Gasteiger partial charge in [-0.25, -0.2) is 0 Å². The highest BCUT2D eigenvalue weighted by atomic mass is 16.6. The lowest BCUT2D eigenvalue weighted by Crippen LogP contribution is -2.45. The zero-order valence-electron chi connectivity index (χ0n) is 19.0. The maximum Gasteiger partial charge on any atom is 0.309 e. The van der Waals surface area contributed by atoms with Crippen LogP contribution in [0.3, 0.4) is 0 Å². The van der Waals surface area contributed by atoms with E-state index in [2.05, 4.69) is 47.7 Å². The predicted molar refractivity (Wildman–Crippen MR) is 124 cm³/mol. The highest BCUT2D eigenvalue weighted by Gasteiger charge is 2.45. The second kappa shape index (κ2) is 9.28. The maximum absolute atomic E-state index is 12.3. The molecule has 1 aromatic carbocycles. The lowest BCUT2D eigenvalue weighted by Gasteiger charge is -2.39. The second-order valence-corrected chi connectivity index (χ2v) is 9.13. The first-order valence-electron chi connectivity index (χ1n) is 11.3. The minimum atomic E-state index is -0.762. The van der Waals surface area contributed by atoms with Gasteiger partial charge in [0.2, 0.25) is 0 Å². The quantitative estimate of drug-likeness (QED) is 0.634. The Kier molecular flexibility index (Phi) is 6.46. The minimum Gasteiger partial charge on any atom is -0.481 e. The number of piperidine rings is 1. The van der Waals surface area contributed by atoms with E-state index in [0.717, 1.165) is 36.6 Å². The lowest BCUT2D eigenvalue weighted by molar-refractivity contribution is -0.155. The van der Waals surface area contributed by atoms with Crippen LogP contribution in [0.4, 0.5) is 0 Å². The number of benzene rings is 1. The molecule has 7 heteroatoms. The van der Waals surface area contributed by atoms with Crippen molar-refractivity contribution >= 4 is 11.7 Å². The van der Waals surface area contributed by atoms with E-state index in [1.54, 1.807) is 0 Å². The summed E-state index contributed by atoms with van der Waals surface area (Å²) >= 11 is 0. The fraction of sp³-hybridized carbons (Fsp3) is 0.480. The molecule has 0 saturated carbocycles. The van der Waals surface area contributed by atoms with Crippen molar-refractivity contribution < 1.29 is 14.7 Å². The number of carboxylic acid groups (broad SMARTS) is 1. The zero-order valence-corrected chi connectivity index (χ0v) is 19.0. The van der Waals surface area contributed by atoms with E-state index in [1.807, 2.05) is 29.1 Å². The van der Waals surface area contributed by atoms with Crippen molar-refractivity contribution in [2.75, 3.05) is 13.1 Å². The number of nitrogens with zero attached hydrogens (tertiary/aromatic N) is 4. The van der Waals surface area contributed by atoms with E-state index >= 15 is 0 Å². The molecule has 1 N–H and O–H groups in total. The molecule has 1 atom stereocenters. The largest absolute Gasteiger partial charge is 0.481 e. The van der Waals surface area contributed by atoms with E-state index in [1.165, 1.54) is 11.1 Å². The van der Waals surface area contributed by atoms with E-state index in [-0.39, 0.29) is 6.10 Å². The van der Waals surface area contributed by atoms with Crippen LogP contribution in [0.1, 0.15) is 48.1 Å². The molecule has 0 spiro atoms. The summed E-state index contributed by atoms with van der Waals surface area (Å²) in [5.74, 6) is -0.723. The molecule has 7 nitrogen and oxygen atoms in total. The van der Waals surface area contributed by atoms with Gasteiger partial charge in [-0.1, -0.05) is 41.1 Å². The van der Waals surface area contributed by atoms with E-state index < -0.39 is 11.4 Å². The van der Waals surface area contributed by atoms with E-state index in [4.69, 9.17) is 4.84 Å². The molecule has 3 heterocycles. The number of hydrogen-bond donors (Lipinski definition) is 1. The number of aryl methyl sites for hydroxylation is 1. The van der Waals surface area contributed by atoms with Gasteiger partial charge in [-0.2, -0.15) is 5.10 Å². The molecule has 2 aliphatic heterocycles. The summed E-state index contributed by atoms with van der Waals surface area (Å²) in [5.41, 5.74) is 4.71. The number of carboxylic acids is 1. The number of aromatic nitrogens is 2. The Morgan fingerprint density at radius 3 is 2.66 bits per heavy atom. The summed E-state index contributed by atoms with van der Waals surface area (Å²) in [5, 5.41) is 18.8. The highest BCUT2D eigenvalue weighted by Crippen LogP contribution is 2.39. The fourth-order valence-electron chi connectivity index (χ4n) is 4.72. The number of hydrogen-bond acceptors (Lipinski definition) is 5. The molecule has 0 radical (unpaired) electrons. The van der Waals surface area contributed by atoms with Crippen LogP contribution in [0.15, 0.2) is 48.3 Å². The molecule has 32 heavy (non-hydrogen) atoms. The van der Waals surface area contributed by atoms with Gasteiger partial charge in [-0.05, 0) is 45.3 Å². The van der Waals surface area contributed by atoms with Gasteiger partial charge in [0, 0.05) is 30.6 Å². The fourth-order valence-corrected chi connectivity index (χ4v) is 4.72. The van der Waals surface area contributed by atoms with Gasteiger partial charge in [0.05, 0.1) is 23.9 Å². The third-order valence-corrected chi connectivity index (χ3v) is 6.90. The molecule has 1 fully saturated rings. The molecule has 2 aliphatic rings. The third-order valence-electron chi connectivity index (χ3n) is 6.90. The highest BCUT2D eigenvalue weighted by molar-refractivity contribution is 6.01. The first kappa shape index (κ1) is 22.3. The van der Waals surface area contributed by atoms with Crippen molar-refractivity contribution in [2.24, 2.45) is 10.6 Å². The number of allylic oxidation sites excluding steroid dienone is 1. The van der Waals surface area contributed by atoms with Crippen molar-refractivity contribution in [1.82, 2.24) is 14.7 Å². The minimum absolute atomic E-state index is 0.187. The molecule has 0 unspecified atom stereocenters. The van der Waals surface area contributed by atoms with Crippen LogP contribution in [0.2, 0.25) is 0 Å². The van der Waals surface area contributed by atoms with Crippen LogP contribution in [-0.2, 0) is 22.7 Å². The van der Waals surface area contributed by atoms with Gasteiger partial charge in [-0.15, -0.1) is 6.58 Å². The molecule has 0 amide bonds. The second-order valence-electron chi connectivity index (χ2n) is 9.13. The molecule has 0 aliphatic carbocycles. The average molecular weight is 437 g/mol. The van der Waals surface area contributed by atoms with Crippen molar-refractivity contribution in [1.29, 1.82) is 0 Å². The summed E-state index contributed by atoms with van der Waals surface area (Å²) in [6.07, 6.45) is 5.94. The van der Waals surface area contributed by atoms with Crippen molar-refractivity contribution in [3.8, 4) is 0 Å². The molecule has 4 rings (SSSR count). The Bertz CT molecular complexity index is 1000. The van der Waals surface area contributed by atoms with Gasteiger partial charge in [0.25, 0.3) is 0 Å². The van der Waals surface area contributed by atoms with E-state index in [9.17, 15) is 9.90 Å². The maximum atomic E-state index is 12.3. The normalized spacial score (nSPS) is 20.6. The average Bonchev–Trinajstić information content (AvgIpc) is 3.38. The van der Waals surface area contributed by atoms with Crippen LogP contribution < -0.4 is 0 Å². The number of aliphatic carboxylic acids is 1. The Hall–Kier alpha value is -2.93. The molecule has 1 saturated heterocycles. The van der Waals surface area contributed by atoms with Crippen LogP contribution in [-0.4, -0.2) is 50.7 Å². The van der Waals surface area contributed by atoms with Crippen molar-refractivity contribution in [3.63, 3.8) is 0 Å². The first-order chi connectivity index (χ1) is 15.4. The molecular formula is C25H32N4O3. The Morgan fingerprint density at radius 2 is 2.00 bits per heavy atom. The van der Waals surface area contributed by atoms with Gasteiger partial charge >= 0.3 is 5.97 Å². The summed E-state index contributed by atoms with van der Waals surface area (Å²) < 4.78 is 1.94. The number of likely N-dealkylation sites (tertiary alicyclic amines) is 1. The van der Waals surface area contributed by atoms with Gasteiger partial charge in [0.15, 0.2) is 0 Å². The molecule has 0 bridgehead atoms. The van der Waals surface area contributed by atoms with Crippen LogP contribution >= 0.6 is 0 Å². The first-order valence-corrected chi connectivity index (χ1v) is 11.3. The van der Waals surface area contributed by atoms with Crippen LogP contribution in [0.5, 0.6) is 0 Å². The third kappa shape index (κ3) is 4.63.